The molecule has 0 spiro atoms. The van der Waals surface area contributed by atoms with Crippen molar-refractivity contribution in [3.05, 3.63) is 22.2 Å². The number of hydrogen-bond acceptors (Lipinski definition) is 2. The zero-order valence-electron chi connectivity index (χ0n) is 11.1. The van der Waals surface area contributed by atoms with Gasteiger partial charge in [-0.05, 0) is 47.0 Å². The van der Waals surface area contributed by atoms with Crippen LogP contribution in [0.3, 0.4) is 0 Å². The van der Waals surface area contributed by atoms with Crippen molar-refractivity contribution < 1.29 is 4.79 Å². The van der Waals surface area contributed by atoms with Crippen molar-refractivity contribution in [3.63, 3.8) is 0 Å². The summed E-state index contributed by atoms with van der Waals surface area (Å²) in [5.74, 6) is 0.0300. The number of anilines is 2. The Balaban J connectivity index is 2.54. The molecule has 18 heavy (non-hydrogen) atoms. The molecule has 1 rings (SSSR count). The fourth-order valence-corrected chi connectivity index (χ4v) is 2.50. The molecule has 0 unspecified atom stereocenters. The minimum atomic E-state index is 0.0300. The first-order valence-electron chi connectivity index (χ1n) is 6.40. The summed E-state index contributed by atoms with van der Waals surface area (Å²) in [4.78, 5) is 11.8. The molecule has 100 valence electrons. The second kappa shape index (κ2) is 7.41. The second-order valence-corrected chi connectivity index (χ2v) is 5.42. The largest absolute Gasteiger partial charge is 0.397 e. The maximum Gasteiger partial charge on any atom is 0.224 e. The van der Waals surface area contributed by atoms with Crippen molar-refractivity contribution in [2.75, 3.05) is 11.1 Å². The van der Waals surface area contributed by atoms with Crippen LogP contribution in [0.2, 0.25) is 0 Å². The van der Waals surface area contributed by atoms with Gasteiger partial charge in [-0.25, -0.2) is 0 Å². The molecule has 0 radical (unpaired) electrons. The first kappa shape index (κ1) is 15.0. The number of aryl methyl sites for hydroxylation is 1. The molecular weight excluding hydrogens is 292 g/mol. The zero-order valence-corrected chi connectivity index (χ0v) is 12.6. The number of unbranched alkanes of at least 4 members (excludes halogenated alkanes) is 3. The van der Waals surface area contributed by atoms with E-state index in [2.05, 4.69) is 28.2 Å². The van der Waals surface area contributed by atoms with Crippen LogP contribution in [0.5, 0.6) is 0 Å². The number of nitrogen functional groups attached to an aromatic ring is 1. The summed E-state index contributed by atoms with van der Waals surface area (Å²) in [6.45, 7) is 4.13. The van der Waals surface area contributed by atoms with Crippen molar-refractivity contribution in [3.8, 4) is 0 Å². The van der Waals surface area contributed by atoms with Crippen LogP contribution >= 0.6 is 15.9 Å². The number of benzene rings is 1. The zero-order chi connectivity index (χ0) is 13.5. The van der Waals surface area contributed by atoms with Gasteiger partial charge in [0, 0.05) is 10.9 Å². The van der Waals surface area contributed by atoms with E-state index in [1.54, 1.807) is 0 Å². The summed E-state index contributed by atoms with van der Waals surface area (Å²) in [7, 11) is 0. The number of amides is 1. The van der Waals surface area contributed by atoms with E-state index in [1.165, 1.54) is 12.8 Å². The normalized spacial score (nSPS) is 10.4. The third kappa shape index (κ3) is 4.69. The Kier molecular flexibility index (Phi) is 6.19. The number of rotatable bonds is 6. The van der Waals surface area contributed by atoms with Gasteiger partial charge in [-0.3, -0.25) is 4.79 Å². The van der Waals surface area contributed by atoms with Gasteiger partial charge in [-0.1, -0.05) is 26.2 Å². The van der Waals surface area contributed by atoms with Crippen LogP contribution < -0.4 is 11.1 Å². The highest BCUT2D eigenvalue weighted by Crippen LogP contribution is 2.30. The maximum atomic E-state index is 11.8. The van der Waals surface area contributed by atoms with E-state index < -0.39 is 0 Å². The van der Waals surface area contributed by atoms with Gasteiger partial charge in [0.2, 0.25) is 5.91 Å². The van der Waals surface area contributed by atoms with E-state index in [0.29, 0.717) is 17.8 Å². The predicted octanol–water partition coefficient (Wildman–Crippen LogP) is 4.25. The monoisotopic (exact) mass is 312 g/mol. The number of carbonyl (C=O) groups excluding carboxylic acids is 1. The van der Waals surface area contributed by atoms with E-state index in [1.807, 2.05) is 19.1 Å². The molecule has 3 nitrogen and oxygen atoms in total. The van der Waals surface area contributed by atoms with Crippen molar-refractivity contribution >= 4 is 33.2 Å². The highest BCUT2D eigenvalue weighted by molar-refractivity contribution is 9.10. The van der Waals surface area contributed by atoms with Crippen LogP contribution in [0.25, 0.3) is 0 Å². The van der Waals surface area contributed by atoms with E-state index in [-0.39, 0.29) is 5.91 Å². The Morgan fingerprint density at radius 1 is 1.33 bits per heavy atom. The summed E-state index contributed by atoms with van der Waals surface area (Å²) >= 11 is 3.42. The summed E-state index contributed by atoms with van der Waals surface area (Å²) in [6.07, 6.45) is 4.96. The van der Waals surface area contributed by atoms with Gasteiger partial charge in [0.15, 0.2) is 0 Å². The molecule has 0 saturated carbocycles. The molecule has 0 aliphatic heterocycles. The smallest absolute Gasteiger partial charge is 0.224 e. The van der Waals surface area contributed by atoms with Crippen LogP contribution in [0.1, 0.15) is 44.6 Å². The number of hydrogen-bond donors (Lipinski definition) is 2. The Labute approximate surface area is 117 Å². The van der Waals surface area contributed by atoms with Gasteiger partial charge in [-0.15, -0.1) is 0 Å². The van der Waals surface area contributed by atoms with Gasteiger partial charge < -0.3 is 11.1 Å². The highest BCUT2D eigenvalue weighted by atomic mass is 79.9. The Hall–Kier alpha value is -1.03. The lowest BCUT2D eigenvalue weighted by molar-refractivity contribution is -0.116. The van der Waals surface area contributed by atoms with Crippen molar-refractivity contribution in [2.24, 2.45) is 0 Å². The van der Waals surface area contributed by atoms with Crippen LogP contribution in [-0.2, 0) is 4.79 Å². The average molecular weight is 313 g/mol. The lowest BCUT2D eigenvalue weighted by Gasteiger charge is -2.11. The second-order valence-electron chi connectivity index (χ2n) is 4.57. The Morgan fingerprint density at radius 3 is 2.67 bits per heavy atom. The van der Waals surface area contributed by atoms with Gasteiger partial charge in [-0.2, -0.15) is 0 Å². The molecule has 0 fully saturated rings. The minimum Gasteiger partial charge on any atom is -0.397 e. The molecule has 0 aliphatic carbocycles. The number of nitrogens with two attached hydrogens (primary N) is 1. The molecule has 1 amide bonds. The molecule has 3 N–H and O–H groups in total. The third-order valence-corrected chi connectivity index (χ3v) is 3.41. The molecule has 4 heteroatoms. The first-order chi connectivity index (χ1) is 8.54. The van der Waals surface area contributed by atoms with Crippen LogP contribution in [0, 0.1) is 6.92 Å². The molecule has 0 aromatic heterocycles. The molecule has 1 aromatic rings. The van der Waals surface area contributed by atoms with Crippen molar-refractivity contribution in [2.45, 2.75) is 46.0 Å². The van der Waals surface area contributed by atoms with E-state index in [4.69, 9.17) is 5.73 Å². The first-order valence-corrected chi connectivity index (χ1v) is 7.19. The summed E-state index contributed by atoms with van der Waals surface area (Å²) in [5, 5.41) is 2.87. The Morgan fingerprint density at radius 2 is 2.06 bits per heavy atom. The average Bonchev–Trinajstić information content (AvgIpc) is 2.29. The lowest BCUT2D eigenvalue weighted by Crippen LogP contribution is -2.13. The highest BCUT2D eigenvalue weighted by Gasteiger charge is 2.09. The maximum absolute atomic E-state index is 11.8. The Bertz CT molecular complexity index is 395. The van der Waals surface area contributed by atoms with Gasteiger partial charge >= 0.3 is 0 Å². The van der Waals surface area contributed by atoms with E-state index in [0.717, 1.165) is 22.9 Å². The van der Waals surface area contributed by atoms with Gasteiger partial charge in [0.05, 0.1) is 11.4 Å². The standard InChI is InChI=1S/C14H21BrN2O/c1-3-4-5-6-7-13(18)17-14-11(15)8-10(2)9-12(14)16/h8-9H,3-7,16H2,1-2H3,(H,17,18). The van der Waals surface area contributed by atoms with Crippen molar-refractivity contribution in [1.29, 1.82) is 0 Å². The predicted molar refractivity (Wildman–Crippen MR) is 80.7 cm³/mol. The lowest BCUT2D eigenvalue weighted by atomic mass is 10.1. The molecule has 0 aliphatic rings. The minimum absolute atomic E-state index is 0.0300. The van der Waals surface area contributed by atoms with Crippen LogP contribution in [0.15, 0.2) is 16.6 Å². The molecule has 0 bridgehead atoms. The number of carbonyl (C=O) groups is 1. The molecule has 0 atom stereocenters. The summed E-state index contributed by atoms with van der Waals surface area (Å²) in [5.41, 5.74) is 8.25. The molecule has 1 aromatic carbocycles. The van der Waals surface area contributed by atoms with Crippen LogP contribution in [0.4, 0.5) is 11.4 Å². The topological polar surface area (TPSA) is 55.1 Å². The summed E-state index contributed by atoms with van der Waals surface area (Å²) < 4.78 is 0.835. The SMILES string of the molecule is CCCCCCC(=O)Nc1c(N)cc(C)cc1Br. The number of nitrogens with one attached hydrogen (secondary N) is 1. The molecular formula is C14H21BrN2O. The fraction of sp³-hybridized carbons (Fsp3) is 0.500. The van der Waals surface area contributed by atoms with Gasteiger partial charge in [0.1, 0.15) is 0 Å². The molecule has 0 saturated heterocycles. The van der Waals surface area contributed by atoms with E-state index >= 15 is 0 Å². The van der Waals surface area contributed by atoms with E-state index in [9.17, 15) is 4.79 Å². The quantitative estimate of drug-likeness (QED) is 0.609. The fourth-order valence-electron chi connectivity index (χ4n) is 1.82. The summed E-state index contributed by atoms with van der Waals surface area (Å²) in [6, 6.07) is 3.81. The van der Waals surface area contributed by atoms with Crippen LogP contribution in [-0.4, -0.2) is 5.91 Å². The third-order valence-electron chi connectivity index (χ3n) is 2.79. The number of halogens is 1. The van der Waals surface area contributed by atoms with Gasteiger partial charge in [0.25, 0.3) is 0 Å². The van der Waals surface area contributed by atoms with Crippen molar-refractivity contribution in [1.82, 2.24) is 0 Å². The molecule has 0 heterocycles.